The lowest BCUT2D eigenvalue weighted by molar-refractivity contribution is -0.123. The van der Waals surface area contributed by atoms with Gasteiger partial charge in [-0.05, 0) is 37.9 Å². The molecule has 0 spiro atoms. The zero-order valence-corrected chi connectivity index (χ0v) is 11.1. The van der Waals surface area contributed by atoms with Gasteiger partial charge in [-0.3, -0.25) is 4.79 Å². The summed E-state index contributed by atoms with van der Waals surface area (Å²) in [7, 11) is 0. The normalized spacial score (nSPS) is 30.1. The van der Waals surface area contributed by atoms with Crippen molar-refractivity contribution in [3.63, 3.8) is 0 Å². The van der Waals surface area contributed by atoms with E-state index in [4.69, 9.17) is 0 Å². The van der Waals surface area contributed by atoms with E-state index >= 15 is 0 Å². The zero-order valence-electron chi connectivity index (χ0n) is 10.3. The monoisotopic (exact) mass is 245 g/mol. The van der Waals surface area contributed by atoms with E-state index in [9.17, 15) is 9.90 Å². The maximum absolute atomic E-state index is 11.7. The standard InChI is InChI=1S/C12H23NO2S/c1-10-3-6-12(9-14,7-4-10)13-11(15)5-8-16-2/h10,14H,3-9H2,1-2H3,(H,13,15). The second-order valence-corrected chi connectivity index (χ2v) is 5.90. The van der Waals surface area contributed by atoms with E-state index in [-0.39, 0.29) is 18.1 Å². The lowest BCUT2D eigenvalue weighted by Gasteiger charge is -2.38. The lowest BCUT2D eigenvalue weighted by atomic mass is 9.77. The van der Waals surface area contributed by atoms with Crippen molar-refractivity contribution in [1.29, 1.82) is 0 Å². The molecule has 1 aliphatic carbocycles. The number of hydrogen-bond donors (Lipinski definition) is 2. The molecule has 16 heavy (non-hydrogen) atoms. The van der Waals surface area contributed by atoms with E-state index in [2.05, 4.69) is 12.2 Å². The van der Waals surface area contributed by atoms with Gasteiger partial charge in [0, 0.05) is 12.2 Å². The molecule has 1 fully saturated rings. The predicted octanol–water partition coefficient (Wildman–Crippen LogP) is 1.80. The van der Waals surface area contributed by atoms with Gasteiger partial charge in [-0.2, -0.15) is 11.8 Å². The number of amides is 1. The highest BCUT2D eigenvalue weighted by Crippen LogP contribution is 2.31. The van der Waals surface area contributed by atoms with Crippen LogP contribution >= 0.6 is 11.8 Å². The summed E-state index contributed by atoms with van der Waals surface area (Å²) in [4.78, 5) is 11.7. The summed E-state index contributed by atoms with van der Waals surface area (Å²) in [6.07, 6.45) is 6.58. The molecule has 2 N–H and O–H groups in total. The number of aliphatic hydroxyl groups excluding tert-OH is 1. The van der Waals surface area contributed by atoms with Crippen LogP contribution in [0.5, 0.6) is 0 Å². The maximum atomic E-state index is 11.7. The van der Waals surface area contributed by atoms with Crippen molar-refractivity contribution in [2.75, 3.05) is 18.6 Å². The molecule has 0 unspecified atom stereocenters. The van der Waals surface area contributed by atoms with Crippen molar-refractivity contribution in [3.8, 4) is 0 Å². The second-order valence-electron chi connectivity index (χ2n) is 4.91. The third-order valence-corrected chi connectivity index (χ3v) is 4.08. The quantitative estimate of drug-likeness (QED) is 0.776. The third-order valence-electron chi connectivity index (χ3n) is 3.47. The molecule has 0 radical (unpaired) electrons. The van der Waals surface area contributed by atoms with Crippen LogP contribution in [0.1, 0.15) is 39.0 Å². The average molecular weight is 245 g/mol. The van der Waals surface area contributed by atoms with Crippen LogP contribution < -0.4 is 5.32 Å². The van der Waals surface area contributed by atoms with Crippen molar-refractivity contribution >= 4 is 17.7 Å². The van der Waals surface area contributed by atoms with Gasteiger partial charge in [-0.1, -0.05) is 6.92 Å². The molecular weight excluding hydrogens is 222 g/mol. The summed E-state index contributed by atoms with van der Waals surface area (Å²) in [6.45, 7) is 2.31. The van der Waals surface area contributed by atoms with Crippen molar-refractivity contribution in [1.82, 2.24) is 5.32 Å². The second kappa shape index (κ2) is 6.50. The maximum Gasteiger partial charge on any atom is 0.221 e. The first-order valence-electron chi connectivity index (χ1n) is 6.03. The van der Waals surface area contributed by atoms with Gasteiger partial charge < -0.3 is 10.4 Å². The SMILES string of the molecule is CSCCC(=O)NC1(CO)CCC(C)CC1. The summed E-state index contributed by atoms with van der Waals surface area (Å²) in [5, 5.41) is 12.5. The molecule has 1 rings (SSSR count). The molecule has 0 atom stereocenters. The summed E-state index contributed by atoms with van der Waals surface area (Å²) in [6, 6.07) is 0. The van der Waals surface area contributed by atoms with Gasteiger partial charge in [-0.15, -0.1) is 0 Å². The Bertz CT molecular complexity index is 225. The molecule has 0 heterocycles. The molecule has 94 valence electrons. The van der Waals surface area contributed by atoms with Gasteiger partial charge in [-0.25, -0.2) is 0 Å². The summed E-state index contributed by atoms with van der Waals surface area (Å²) in [5.74, 6) is 1.66. The molecule has 0 aromatic heterocycles. The van der Waals surface area contributed by atoms with Crippen molar-refractivity contribution in [2.24, 2.45) is 5.92 Å². The van der Waals surface area contributed by atoms with Crippen LogP contribution in [0.2, 0.25) is 0 Å². The summed E-state index contributed by atoms with van der Waals surface area (Å²) in [5.41, 5.74) is -0.331. The number of carbonyl (C=O) groups excluding carboxylic acids is 1. The number of aliphatic hydroxyl groups is 1. The van der Waals surface area contributed by atoms with Gasteiger partial charge >= 0.3 is 0 Å². The van der Waals surface area contributed by atoms with E-state index in [1.807, 2.05) is 6.26 Å². The first-order valence-corrected chi connectivity index (χ1v) is 7.42. The van der Waals surface area contributed by atoms with Crippen LogP contribution in [-0.4, -0.2) is 35.2 Å². The van der Waals surface area contributed by atoms with Gasteiger partial charge in [0.1, 0.15) is 0 Å². The number of thioether (sulfide) groups is 1. The largest absolute Gasteiger partial charge is 0.394 e. The Kier molecular flexibility index (Phi) is 5.62. The third kappa shape index (κ3) is 3.98. The molecule has 0 saturated heterocycles. The highest BCUT2D eigenvalue weighted by atomic mass is 32.2. The minimum Gasteiger partial charge on any atom is -0.394 e. The molecule has 0 bridgehead atoms. The Morgan fingerprint density at radius 2 is 2.12 bits per heavy atom. The molecule has 1 aliphatic rings. The van der Waals surface area contributed by atoms with Crippen molar-refractivity contribution in [3.05, 3.63) is 0 Å². The Hall–Kier alpha value is -0.220. The number of carbonyl (C=O) groups is 1. The fraction of sp³-hybridized carbons (Fsp3) is 0.917. The Morgan fingerprint density at radius 1 is 1.50 bits per heavy atom. The van der Waals surface area contributed by atoms with E-state index in [1.165, 1.54) is 0 Å². The van der Waals surface area contributed by atoms with Crippen molar-refractivity contribution in [2.45, 2.75) is 44.6 Å². The molecular formula is C12H23NO2S. The van der Waals surface area contributed by atoms with E-state index in [1.54, 1.807) is 11.8 Å². The van der Waals surface area contributed by atoms with E-state index in [0.717, 1.165) is 37.4 Å². The minimum atomic E-state index is -0.331. The van der Waals surface area contributed by atoms with E-state index in [0.29, 0.717) is 6.42 Å². The van der Waals surface area contributed by atoms with Crippen LogP contribution in [0, 0.1) is 5.92 Å². The fourth-order valence-electron chi connectivity index (χ4n) is 2.19. The van der Waals surface area contributed by atoms with Crippen LogP contribution in [-0.2, 0) is 4.79 Å². The Balaban J connectivity index is 2.44. The molecule has 0 aromatic rings. The fourth-order valence-corrected chi connectivity index (χ4v) is 2.58. The number of nitrogens with one attached hydrogen (secondary N) is 1. The van der Waals surface area contributed by atoms with Crippen LogP contribution in [0.4, 0.5) is 0 Å². The molecule has 0 aromatic carbocycles. The first kappa shape index (κ1) is 13.8. The van der Waals surface area contributed by atoms with Gasteiger partial charge in [0.25, 0.3) is 0 Å². The van der Waals surface area contributed by atoms with E-state index < -0.39 is 0 Å². The molecule has 1 saturated carbocycles. The van der Waals surface area contributed by atoms with Crippen molar-refractivity contribution < 1.29 is 9.90 Å². The molecule has 1 amide bonds. The van der Waals surface area contributed by atoms with Crippen LogP contribution in [0.15, 0.2) is 0 Å². The minimum absolute atomic E-state index is 0.0741. The predicted molar refractivity (Wildman–Crippen MR) is 68.6 cm³/mol. The molecule has 4 heteroatoms. The van der Waals surface area contributed by atoms with Gasteiger partial charge in [0.05, 0.1) is 12.1 Å². The smallest absolute Gasteiger partial charge is 0.221 e. The summed E-state index contributed by atoms with van der Waals surface area (Å²) >= 11 is 1.68. The van der Waals surface area contributed by atoms with Crippen LogP contribution in [0.25, 0.3) is 0 Å². The highest BCUT2D eigenvalue weighted by molar-refractivity contribution is 7.98. The first-order chi connectivity index (χ1) is 7.62. The Labute approximate surface area is 102 Å². The summed E-state index contributed by atoms with van der Waals surface area (Å²) < 4.78 is 0. The molecule has 3 nitrogen and oxygen atoms in total. The highest BCUT2D eigenvalue weighted by Gasteiger charge is 2.34. The average Bonchev–Trinajstić information content (AvgIpc) is 2.30. The van der Waals surface area contributed by atoms with Gasteiger partial charge in [0.15, 0.2) is 0 Å². The number of hydrogen-bond acceptors (Lipinski definition) is 3. The van der Waals surface area contributed by atoms with Gasteiger partial charge in [0.2, 0.25) is 5.91 Å². The topological polar surface area (TPSA) is 49.3 Å². The van der Waals surface area contributed by atoms with Crippen LogP contribution in [0.3, 0.4) is 0 Å². The molecule has 0 aliphatic heterocycles. The zero-order chi connectivity index (χ0) is 12.0. The number of rotatable bonds is 5. The Morgan fingerprint density at radius 3 is 2.62 bits per heavy atom. The lowest BCUT2D eigenvalue weighted by Crippen LogP contribution is -2.53.